The minimum atomic E-state index is -3.41. The molecule has 0 aromatic heterocycles. The highest BCUT2D eigenvalue weighted by Crippen LogP contribution is 2.35. The molecule has 1 saturated heterocycles. The maximum absolute atomic E-state index is 14.2. The summed E-state index contributed by atoms with van der Waals surface area (Å²) in [7, 11) is 0. The van der Waals surface area contributed by atoms with Gasteiger partial charge in [-0.15, -0.1) is 0 Å². The number of nitrogens with one attached hydrogen (secondary N) is 1. The Balaban J connectivity index is 2.19. The van der Waals surface area contributed by atoms with E-state index in [0.29, 0.717) is 19.8 Å². The summed E-state index contributed by atoms with van der Waals surface area (Å²) < 4.78 is 46.2. The molecule has 0 saturated carbocycles. The molecule has 0 aliphatic carbocycles. The fourth-order valence-corrected chi connectivity index (χ4v) is 3.46. The maximum atomic E-state index is 14.2. The van der Waals surface area contributed by atoms with Crippen molar-refractivity contribution >= 4 is 23.8 Å². The second-order valence-electron chi connectivity index (χ2n) is 7.59. The summed E-state index contributed by atoms with van der Waals surface area (Å²) >= 11 is 0. The number of hydrogen-bond acceptors (Lipinski definition) is 5. The quantitative estimate of drug-likeness (QED) is 0.589. The molecule has 11 heteroatoms. The summed E-state index contributed by atoms with van der Waals surface area (Å²) in [5.41, 5.74) is 0.0708. The third kappa shape index (κ3) is 6.69. The van der Waals surface area contributed by atoms with E-state index >= 15 is 0 Å². The third-order valence-corrected chi connectivity index (χ3v) is 5.04. The molecule has 3 atom stereocenters. The molecule has 0 radical (unpaired) electrons. The molecule has 32 heavy (non-hydrogen) atoms. The van der Waals surface area contributed by atoms with E-state index in [9.17, 15) is 32.3 Å². The average molecular weight is 458 g/mol. The van der Waals surface area contributed by atoms with Crippen LogP contribution in [0.4, 0.5) is 18.0 Å². The number of ether oxygens (including phenoxy) is 1. The number of Topliss-reactive ketones (excluding diaryl/α,β-unsaturated/α-hetero) is 1. The molecular formula is C21H25F3N2O6. The average Bonchev–Trinajstić information content (AvgIpc) is 2.75. The Morgan fingerprint density at radius 1 is 1.22 bits per heavy atom. The minimum Gasteiger partial charge on any atom is -0.481 e. The lowest BCUT2D eigenvalue weighted by atomic mass is 10.0. The van der Waals surface area contributed by atoms with Gasteiger partial charge in [0.05, 0.1) is 6.42 Å². The van der Waals surface area contributed by atoms with Gasteiger partial charge >= 0.3 is 12.1 Å². The highest BCUT2D eigenvalue weighted by atomic mass is 19.3. The summed E-state index contributed by atoms with van der Waals surface area (Å²) in [6.07, 6.45) is -2.72. The third-order valence-electron chi connectivity index (χ3n) is 5.04. The SMILES string of the molecule is CC(F)(F)[C@H](OC(=O)N1CCCC[C@H]1C(=O)NC(CC(=O)O)C(=O)CF)c1ccccc1. The van der Waals surface area contributed by atoms with Gasteiger partial charge in [-0.3, -0.25) is 19.3 Å². The van der Waals surface area contributed by atoms with Gasteiger partial charge in [0.1, 0.15) is 18.8 Å². The van der Waals surface area contributed by atoms with Crippen molar-refractivity contribution in [2.75, 3.05) is 13.2 Å². The van der Waals surface area contributed by atoms with Crippen LogP contribution in [0.1, 0.15) is 44.3 Å². The minimum absolute atomic E-state index is 0.0361. The Hall–Kier alpha value is -3.11. The number of amides is 2. The number of piperidine rings is 1. The number of hydrogen-bond donors (Lipinski definition) is 2. The second kappa shape index (κ2) is 11.0. The van der Waals surface area contributed by atoms with Crippen LogP contribution in [0.25, 0.3) is 0 Å². The number of carboxylic acid groups (broad SMARTS) is 1. The first kappa shape index (κ1) is 25.2. The number of carbonyl (C=O) groups excluding carboxylic acids is 3. The predicted molar refractivity (Wildman–Crippen MR) is 106 cm³/mol. The summed E-state index contributed by atoms with van der Waals surface area (Å²) in [5, 5.41) is 11.1. The van der Waals surface area contributed by atoms with Gasteiger partial charge in [0.25, 0.3) is 5.92 Å². The van der Waals surface area contributed by atoms with Gasteiger partial charge in [0.2, 0.25) is 5.91 Å². The van der Waals surface area contributed by atoms with E-state index in [2.05, 4.69) is 5.32 Å². The number of likely N-dealkylation sites (tertiary alicyclic amines) is 1. The number of rotatable bonds is 9. The van der Waals surface area contributed by atoms with Crippen LogP contribution < -0.4 is 5.32 Å². The van der Waals surface area contributed by atoms with Gasteiger partial charge in [-0.05, 0) is 24.8 Å². The van der Waals surface area contributed by atoms with E-state index in [0.717, 1.165) is 4.90 Å². The number of aliphatic carboxylic acids is 1. The monoisotopic (exact) mass is 458 g/mol. The maximum Gasteiger partial charge on any atom is 0.411 e. The number of carboxylic acids is 1. The molecule has 0 bridgehead atoms. The van der Waals surface area contributed by atoms with Gasteiger partial charge in [-0.1, -0.05) is 30.3 Å². The van der Waals surface area contributed by atoms with Crippen LogP contribution in [0.3, 0.4) is 0 Å². The highest BCUT2D eigenvalue weighted by molar-refractivity contribution is 5.94. The lowest BCUT2D eigenvalue weighted by Gasteiger charge is -2.36. The first-order valence-electron chi connectivity index (χ1n) is 10.1. The van der Waals surface area contributed by atoms with Crippen molar-refractivity contribution < 1.29 is 42.2 Å². The van der Waals surface area contributed by atoms with Crippen LogP contribution in [0, 0.1) is 0 Å². The number of carbonyl (C=O) groups is 4. The first-order chi connectivity index (χ1) is 15.0. The number of ketones is 1. The lowest BCUT2D eigenvalue weighted by Crippen LogP contribution is -2.55. The number of alkyl halides is 3. The summed E-state index contributed by atoms with van der Waals surface area (Å²) in [4.78, 5) is 49.0. The van der Waals surface area contributed by atoms with Gasteiger partial charge in [0, 0.05) is 13.5 Å². The summed E-state index contributed by atoms with van der Waals surface area (Å²) in [6, 6.07) is 4.63. The Labute approximate surface area is 182 Å². The van der Waals surface area contributed by atoms with Crippen LogP contribution >= 0.6 is 0 Å². The summed E-state index contributed by atoms with van der Waals surface area (Å²) in [6.45, 7) is -0.829. The van der Waals surface area contributed by atoms with Crippen molar-refractivity contribution in [3.05, 3.63) is 35.9 Å². The van der Waals surface area contributed by atoms with Crippen molar-refractivity contribution in [2.45, 2.75) is 56.7 Å². The number of halogens is 3. The van der Waals surface area contributed by atoms with E-state index in [1.807, 2.05) is 0 Å². The molecule has 2 amide bonds. The summed E-state index contributed by atoms with van der Waals surface area (Å²) in [5.74, 6) is -6.84. The molecule has 1 aromatic rings. The Bertz CT molecular complexity index is 831. The molecule has 0 spiro atoms. The molecule has 1 fully saturated rings. The topological polar surface area (TPSA) is 113 Å². The first-order valence-corrected chi connectivity index (χ1v) is 10.1. The zero-order valence-electron chi connectivity index (χ0n) is 17.4. The van der Waals surface area contributed by atoms with Gasteiger partial charge in [-0.2, -0.15) is 0 Å². The predicted octanol–water partition coefficient (Wildman–Crippen LogP) is 2.87. The zero-order valence-corrected chi connectivity index (χ0v) is 17.4. The Morgan fingerprint density at radius 2 is 1.88 bits per heavy atom. The van der Waals surface area contributed by atoms with Crippen molar-refractivity contribution in [1.29, 1.82) is 0 Å². The lowest BCUT2D eigenvalue weighted by molar-refractivity contribution is -0.141. The molecule has 8 nitrogen and oxygen atoms in total. The fourth-order valence-electron chi connectivity index (χ4n) is 3.46. The van der Waals surface area contributed by atoms with E-state index in [4.69, 9.17) is 9.84 Å². The van der Waals surface area contributed by atoms with E-state index in [1.165, 1.54) is 24.3 Å². The Kier molecular flexibility index (Phi) is 8.62. The molecule has 1 heterocycles. The van der Waals surface area contributed by atoms with E-state index in [1.54, 1.807) is 6.07 Å². The van der Waals surface area contributed by atoms with Crippen molar-refractivity contribution in [1.82, 2.24) is 10.2 Å². The van der Waals surface area contributed by atoms with Crippen LogP contribution in [-0.2, 0) is 19.1 Å². The molecule has 1 unspecified atom stereocenters. The molecule has 1 aliphatic rings. The smallest absolute Gasteiger partial charge is 0.411 e. The standard InChI is InChI=1S/C21H25F3N2O6/c1-21(23,24)18(13-7-3-2-4-8-13)32-20(31)26-10-6-5-9-15(26)19(30)25-14(11-17(28)29)16(27)12-22/h2-4,7-8,14-15,18H,5-6,9-12H2,1H3,(H,25,30)(H,28,29)/t14?,15-,18+/m0/s1. The van der Waals surface area contributed by atoms with Gasteiger partial charge < -0.3 is 15.2 Å². The molecule has 2 rings (SSSR count). The molecule has 1 aromatic carbocycles. The zero-order chi connectivity index (χ0) is 23.9. The fraction of sp³-hybridized carbons (Fsp3) is 0.524. The largest absolute Gasteiger partial charge is 0.481 e. The molecule has 176 valence electrons. The normalized spacial score (nSPS) is 18.4. The van der Waals surface area contributed by atoms with E-state index < -0.39 is 61.0 Å². The van der Waals surface area contributed by atoms with Crippen LogP contribution in [0.5, 0.6) is 0 Å². The molecule has 2 N–H and O–H groups in total. The number of nitrogens with zero attached hydrogens (tertiary/aromatic N) is 1. The van der Waals surface area contributed by atoms with Crippen LogP contribution in [-0.4, -0.2) is 65.0 Å². The van der Waals surface area contributed by atoms with Crippen molar-refractivity contribution in [2.24, 2.45) is 0 Å². The van der Waals surface area contributed by atoms with Crippen molar-refractivity contribution in [3.63, 3.8) is 0 Å². The van der Waals surface area contributed by atoms with Gasteiger partial charge in [-0.25, -0.2) is 18.0 Å². The number of benzene rings is 1. The molecule has 1 aliphatic heterocycles. The van der Waals surface area contributed by atoms with E-state index in [-0.39, 0.29) is 18.5 Å². The second-order valence-corrected chi connectivity index (χ2v) is 7.59. The molecular weight excluding hydrogens is 433 g/mol. The Morgan fingerprint density at radius 3 is 2.44 bits per heavy atom. The van der Waals surface area contributed by atoms with Gasteiger partial charge in [0.15, 0.2) is 11.9 Å². The van der Waals surface area contributed by atoms with Crippen molar-refractivity contribution in [3.8, 4) is 0 Å². The van der Waals surface area contributed by atoms with Crippen LogP contribution in [0.15, 0.2) is 30.3 Å². The highest BCUT2D eigenvalue weighted by Gasteiger charge is 2.42. The van der Waals surface area contributed by atoms with Crippen LogP contribution in [0.2, 0.25) is 0 Å².